The Morgan fingerprint density at radius 1 is 0.612 bits per heavy atom. The number of nitrogens with one attached hydrogen (secondary N) is 5. The lowest BCUT2D eigenvalue weighted by atomic mass is 9.96. The highest BCUT2D eigenvalue weighted by atomic mass is 16.2. The minimum atomic E-state index is -1.08. The van der Waals surface area contributed by atoms with Crippen molar-refractivity contribution in [1.29, 1.82) is 0 Å². The van der Waals surface area contributed by atoms with Crippen LogP contribution in [0.3, 0.4) is 0 Å². The van der Waals surface area contributed by atoms with Gasteiger partial charge in [0.2, 0.25) is 29.5 Å². The Morgan fingerprint density at radius 2 is 1.12 bits per heavy atom. The molecule has 1 aromatic heterocycles. The zero-order chi connectivity index (χ0) is 35.8. The average molecular weight is 673 g/mol. The number of fused-ring (bicyclic) bond motifs is 1. The molecule has 0 radical (unpaired) electrons. The van der Waals surface area contributed by atoms with E-state index in [0.717, 1.165) is 22.0 Å². The van der Waals surface area contributed by atoms with E-state index in [2.05, 4.69) is 26.3 Å². The fraction of sp³-hybridized carbons (Fsp3) is 0.500. The molecule has 2 aromatic carbocycles. The Hall–Kier alpha value is -4.67. The number of para-hydroxylation sites is 1. The maximum Gasteiger partial charge on any atom is 0.245 e. The van der Waals surface area contributed by atoms with Crippen molar-refractivity contribution >= 4 is 40.4 Å². The van der Waals surface area contributed by atoms with Gasteiger partial charge in [0.1, 0.15) is 30.2 Å². The normalized spacial score (nSPS) is 23.3. The first-order chi connectivity index (χ1) is 23.2. The summed E-state index contributed by atoms with van der Waals surface area (Å²) in [6, 6.07) is 12.0. The van der Waals surface area contributed by atoms with E-state index in [0.29, 0.717) is 12.8 Å². The first kappa shape index (κ1) is 37.2. The molecule has 5 N–H and O–H groups in total. The second kappa shape index (κ2) is 16.6. The van der Waals surface area contributed by atoms with Gasteiger partial charge in [-0.3, -0.25) is 24.0 Å². The predicted molar refractivity (Wildman–Crippen MR) is 190 cm³/mol. The standard InChI is InChI=1S/C38H52N6O5/c1-22(2)17-29-34(45)40-30(19-25-13-9-8-10-14-25)35(46)41-31(20-26-21-39-28-16-12-11-15-27(26)28)36(47)43-32(18-23(3)4)38(49)44(7)33(24(5)6)37(48)42-29/h8-16,21-24,29-33,39H,17-20H2,1-7H3,(H,40,45)(H,41,46)(H,42,48)(H,43,47). The third kappa shape index (κ3) is 9.70. The predicted octanol–water partition coefficient (Wildman–Crippen LogP) is 3.48. The van der Waals surface area contributed by atoms with Crippen molar-refractivity contribution in [2.24, 2.45) is 17.8 Å². The van der Waals surface area contributed by atoms with Gasteiger partial charge >= 0.3 is 0 Å². The maximum atomic E-state index is 14.2. The molecule has 264 valence electrons. The van der Waals surface area contributed by atoms with Crippen LogP contribution in [0, 0.1) is 17.8 Å². The number of nitrogens with zero attached hydrogens (tertiary/aromatic N) is 1. The topological polar surface area (TPSA) is 152 Å². The Balaban J connectivity index is 1.81. The number of benzene rings is 2. The molecule has 2 heterocycles. The van der Waals surface area contributed by atoms with Crippen molar-refractivity contribution in [2.75, 3.05) is 7.05 Å². The number of H-pyrrole nitrogens is 1. The molecule has 0 aliphatic carbocycles. The number of hydrogen-bond donors (Lipinski definition) is 5. The summed E-state index contributed by atoms with van der Waals surface area (Å²) in [6.45, 7) is 11.5. The monoisotopic (exact) mass is 672 g/mol. The summed E-state index contributed by atoms with van der Waals surface area (Å²) >= 11 is 0. The highest BCUT2D eigenvalue weighted by molar-refractivity contribution is 5.98. The molecule has 5 atom stereocenters. The van der Waals surface area contributed by atoms with Crippen LogP contribution in [0.1, 0.15) is 65.5 Å². The maximum absolute atomic E-state index is 14.2. The van der Waals surface area contributed by atoms with Crippen molar-refractivity contribution in [1.82, 2.24) is 31.2 Å². The molecule has 5 amide bonds. The quantitative estimate of drug-likeness (QED) is 0.236. The molecular formula is C38H52N6O5. The van der Waals surface area contributed by atoms with Crippen LogP contribution in [0.5, 0.6) is 0 Å². The van der Waals surface area contributed by atoms with Crippen molar-refractivity contribution < 1.29 is 24.0 Å². The van der Waals surface area contributed by atoms with Crippen LogP contribution in [0.4, 0.5) is 0 Å². The lowest BCUT2D eigenvalue weighted by Gasteiger charge is -2.34. The van der Waals surface area contributed by atoms with Gasteiger partial charge < -0.3 is 31.2 Å². The number of carbonyl (C=O) groups is 5. The molecule has 1 aliphatic heterocycles. The number of carbonyl (C=O) groups excluding carboxylic acids is 5. The minimum absolute atomic E-state index is 0.0326. The van der Waals surface area contributed by atoms with Gasteiger partial charge in [0, 0.05) is 37.0 Å². The molecule has 3 aromatic rings. The molecule has 11 nitrogen and oxygen atoms in total. The highest BCUT2D eigenvalue weighted by Crippen LogP contribution is 2.21. The van der Waals surface area contributed by atoms with E-state index in [-0.39, 0.29) is 30.6 Å². The van der Waals surface area contributed by atoms with Gasteiger partial charge in [0.05, 0.1) is 0 Å². The van der Waals surface area contributed by atoms with Crippen molar-refractivity contribution in [3.8, 4) is 0 Å². The molecule has 0 spiro atoms. The summed E-state index contributed by atoms with van der Waals surface area (Å²) in [7, 11) is 1.56. The Kier molecular flexibility index (Phi) is 12.6. The summed E-state index contributed by atoms with van der Waals surface area (Å²) in [6.07, 6.45) is 2.75. The Morgan fingerprint density at radius 3 is 1.73 bits per heavy atom. The number of amides is 5. The van der Waals surface area contributed by atoms with E-state index in [4.69, 9.17) is 0 Å². The van der Waals surface area contributed by atoms with E-state index in [1.165, 1.54) is 4.90 Å². The van der Waals surface area contributed by atoms with Crippen LogP contribution in [-0.4, -0.2) is 76.7 Å². The summed E-state index contributed by atoms with van der Waals surface area (Å²) in [5, 5.41) is 12.6. The van der Waals surface area contributed by atoms with Crippen molar-refractivity contribution in [2.45, 2.75) is 97.4 Å². The Bertz CT molecular complexity index is 1620. The lowest BCUT2D eigenvalue weighted by Crippen LogP contribution is -2.59. The summed E-state index contributed by atoms with van der Waals surface area (Å²) in [5.74, 6) is -2.72. The molecule has 4 rings (SSSR count). The highest BCUT2D eigenvalue weighted by Gasteiger charge is 2.38. The van der Waals surface area contributed by atoms with Crippen LogP contribution in [0.25, 0.3) is 10.9 Å². The van der Waals surface area contributed by atoms with E-state index in [9.17, 15) is 24.0 Å². The molecule has 5 unspecified atom stereocenters. The molecular weight excluding hydrogens is 620 g/mol. The van der Waals surface area contributed by atoms with Gasteiger partial charge in [-0.05, 0) is 47.8 Å². The van der Waals surface area contributed by atoms with E-state index >= 15 is 0 Å². The van der Waals surface area contributed by atoms with E-state index < -0.39 is 59.7 Å². The molecule has 0 saturated carbocycles. The fourth-order valence-corrected chi connectivity index (χ4v) is 6.57. The third-order valence-corrected chi connectivity index (χ3v) is 8.97. The van der Waals surface area contributed by atoms with Gasteiger partial charge in [0.25, 0.3) is 0 Å². The fourth-order valence-electron chi connectivity index (χ4n) is 6.57. The largest absolute Gasteiger partial charge is 0.361 e. The third-order valence-electron chi connectivity index (χ3n) is 8.97. The van der Waals surface area contributed by atoms with Crippen LogP contribution in [-0.2, 0) is 36.8 Å². The minimum Gasteiger partial charge on any atom is -0.361 e. The van der Waals surface area contributed by atoms with Gasteiger partial charge in [-0.2, -0.15) is 0 Å². The van der Waals surface area contributed by atoms with Crippen LogP contribution in [0.15, 0.2) is 60.8 Å². The SMILES string of the molecule is CC(C)CC1NC(=O)C(C(C)C)N(C)C(=O)C(CC(C)C)NC(=O)C(Cc2c[nH]c3ccccc23)NC(=O)C(Cc2ccccc2)NC1=O. The van der Waals surface area contributed by atoms with Gasteiger partial charge in [-0.15, -0.1) is 0 Å². The van der Waals surface area contributed by atoms with Crippen molar-refractivity contribution in [3.05, 3.63) is 71.9 Å². The Labute approximate surface area is 289 Å². The molecule has 1 fully saturated rings. The number of likely N-dealkylation sites (N-methyl/N-ethyl adjacent to an activating group) is 1. The number of aromatic amines is 1. The second-order valence-corrected chi connectivity index (χ2v) is 14.4. The zero-order valence-corrected chi connectivity index (χ0v) is 29.7. The first-order valence-electron chi connectivity index (χ1n) is 17.3. The van der Waals surface area contributed by atoms with Crippen LogP contribution >= 0.6 is 0 Å². The summed E-state index contributed by atoms with van der Waals surface area (Å²) in [5.41, 5.74) is 2.51. The molecule has 1 aliphatic rings. The van der Waals surface area contributed by atoms with Gasteiger partial charge in [-0.1, -0.05) is 90.1 Å². The number of aromatic nitrogens is 1. The molecule has 11 heteroatoms. The summed E-state index contributed by atoms with van der Waals surface area (Å²) < 4.78 is 0. The molecule has 1 saturated heterocycles. The molecule has 49 heavy (non-hydrogen) atoms. The average Bonchev–Trinajstić information content (AvgIpc) is 3.45. The van der Waals surface area contributed by atoms with Gasteiger partial charge in [0.15, 0.2) is 0 Å². The number of hydrogen-bond acceptors (Lipinski definition) is 5. The summed E-state index contributed by atoms with van der Waals surface area (Å²) in [4.78, 5) is 75.0. The smallest absolute Gasteiger partial charge is 0.245 e. The van der Waals surface area contributed by atoms with Crippen LogP contribution < -0.4 is 21.3 Å². The van der Waals surface area contributed by atoms with Gasteiger partial charge in [-0.25, -0.2) is 0 Å². The van der Waals surface area contributed by atoms with E-state index in [1.54, 1.807) is 7.05 Å². The zero-order valence-electron chi connectivity index (χ0n) is 29.7. The first-order valence-corrected chi connectivity index (χ1v) is 17.3. The second-order valence-electron chi connectivity index (χ2n) is 14.4. The van der Waals surface area contributed by atoms with E-state index in [1.807, 2.05) is 102 Å². The lowest BCUT2D eigenvalue weighted by molar-refractivity contribution is -0.144. The van der Waals surface area contributed by atoms with Crippen LogP contribution in [0.2, 0.25) is 0 Å². The molecule has 0 bridgehead atoms. The number of rotatable bonds is 9. The van der Waals surface area contributed by atoms with Crippen molar-refractivity contribution in [3.63, 3.8) is 0 Å².